The van der Waals surface area contributed by atoms with Crippen LogP contribution >= 0.6 is 11.3 Å². The molecule has 0 aliphatic heterocycles. The molecular formula is C8H9NO2S. The highest BCUT2D eigenvalue weighted by atomic mass is 32.1. The highest BCUT2D eigenvalue weighted by molar-refractivity contribution is 7.09. The van der Waals surface area contributed by atoms with E-state index in [1.54, 1.807) is 11.5 Å². The van der Waals surface area contributed by atoms with Gasteiger partial charge in [-0.05, 0) is 0 Å². The molecule has 0 saturated heterocycles. The van der Waals surface area contributed by atoms with E-state index in [4.69, 9.17) is 5.11 Å². The highest BCUT2D eigenvalue weighted by Gasteiger charge is 2.04. The highest BCUT2D eigenvalue weighted by Crippen LogP contribution is 2.10. The number of nitrogens with zero attached hydrogens (tertiary/aromatic N) is 1. The molecule has 12 heavy (non-hydrogen) atoms. The summed E-state index contributed by atoms with van der Waals surface area (Å²) in [5.41, 5.74) is 0.629. The Balaban J connectivity index is 2.63. The van der Waals surface area contributed by atoms with Crippen LogP contribution in [0.4, 0.5) is 0 Å². The van der Waals surface area contributed by atoms with Crippen molar-refractivity contribution >= 4 is 17.3 Å². The van der Waals surface area contributed by atoms with Gasteiger partial charge in [-0.15, -0.1) is 17.9 Å². The summed E-state index contributed by atoms with van der Waals surface area (Å²) in [5.74, 6) is -0.842. The minimum atomic E-state index is -0.842. The molecule has 1 N–H and O–H groups in total. The van der Waals surface area contributed by atoms with E-state index in [0.29, 0.717) is 12.1 Å². The van der Waals surface area contributed by atoms with Gasteiger partial charge in [-0.2, -0.15) is 0 Å². The number of carboxylic acids is 1. The third kappa shape index (κ3) is 2.47. The molecule has 1 aromatic heterocycles. The van der Waals surface area contributed by atoms with Gasteiger partial charge >= 0.3 is 5.97 Å². The lowest BCUT2D eigenvalue weighted by Gasteiger charge is -1.87. The second-order valence-corrected chi connectivity index (χ2v) is 3.24. The van der Waals surface area contributed by atoms with Crippen molar-refractivity contribution in [2.24, 2.45) is 0 Å². The molecule has 0 bridgehead atoms. The zero-order valence-corrected chi connectivity index (χ0v) is 7.30. The zero-order valence-electron chi connectivity index (χ0n) is 6.49. The molecule has 0 aromatic carbocycles. The number of carbonyl (C=O) groups is 1. The average Bonchev–Trinajstić information content (AvgIpc) is 2.36. The van der Waals surface area contributed by atoms with Crippen molar-refractivity contribution in [3.8, 4) is 0 Å². The standard InChI is InChI=1S/C8H9NO2S/c1-2-3-7-9-6(5-12-7)4-8(10)11/h2,5H,1,3-4H2,(H,10,11). The molecule has 64 valence electrons. The first-order chi connectivity index (χ1) is 5.72. The van der Waals surface area contributed by atoms with Crippen LogP contribution in [-0.4, -0.2) is 16.1 Å². The van der Waals surface area contributed by atoms with Crippen LogP contribution in [0.15, 0.2) is 18.0 Å². The quantitative estimate of drug-likeness (QED) is 0.719. The minimum Gasteiger partial charge on any atom is -0.481 e. The third-order valence-electron chi connectivity index (χ3n) is 1.25. The van der Waals surface area contributed by atoms with Crippen LogP contribution in [0.3, 0.4) is 0 Å². The number of allylic oxidation sites excluding steroid dienone is 1. The maximum absolute atomic E-state index is 10.3. The Labute approximate surface area is 74.4 Å². The SMILES string of the molecule is C=CCc1nc(CC(=O)O)cs1. The normalized spacial score (nSPS) is 9.67. The van der Waals surface area contributed by atoms with Crippen LogP contribution < -0.4 is 0 Å². The van der Waals surface area contributed by atoms with Crippen molar-refractivity contribution in [2.45, 2.75) is 12.8 Å². The predicted molar refractivity (Wildman–Crippen MR) is 47.4 cm³/mol. The Bertz CT molecular complexity index is 293. The van der Waals surface area contributed by atoms with E-state index in [-0.39, 0.29) is 6.42 Å². The summed E-state index contributed by atoms with van der Waals surface area (Å²) in [4.78, 5) is 14.4. The van der Waals surface area contributed by atoms with Crippen molar-refractivity contribution in [1.29, 1.82) is 0 Å². The summed E-state index contributed by atoms with van der Waals surface area (Å²) in [6.45, 7) is 3.58. The molecule has 3 nitrogen and oxygen atoms in total. The van der Waals surface area contributed by atoms with Gasteiger partial charge in [0.25, 0.3) is 0 Å². The van der Waals surface area contributed by atoms with E-state index in [2.05, 4.69) is 11.6 Å². The fraction of sp³-hybridized carbons (Fsp3) is 0.250. The Hall–Kier alpha value is -1.16. The Kier molecular flexibility index (Phi) is 2.99. The fourth-order valence-corrected chi connectivity index (χ4v) is 1.59. The summed E-state index contributed by atoms with van der Waals surface area (Å²) in [7, 11) is 0. The molecule has 0 radical (unpaired) electrons. The molecule has 1 aromatic rings. The van der Waals surface area contributed by atoms with Gasteiger partial charge in [0.15, 0.2) is 0 Å². The molecular weight excluding hydrogens is 174 g/mol. The molecule has 4 heteroatoms. The molecule has 1 heterocycles. The van der Waals surface area contributed by atoms with E-state index in [0.717, 1.165) is 5.01 Å². The number of rotatable bonds is 4. The molecule has 0 amide bonds. The van der Waals surface area contributed by atoms with Gasteiger partial charge in [0, 0.05) is 11.8 Å². The molecule has 0 spiro atoms. The van der Waals surface area contributed by atoms with Crippen molar-refractivity contribution < 1.29 is 9.90 Å². The molecule has 0 aliphatic rings. The van der Waals surface area contributed by atoms with E-state index in [1.807, 2.05) is 0 Å². The minimum absolute atomic E-state index is 0.00758. The maximum Gasteiger partial charge on any atom is 0.309 e. The van der Waals surface area contributed by atoms with Crippen molar-refractivity contribution in [3.05, 3.63) is 28.7 Å². The largest absolute Gasteiger partial charge is 0.481 e. The maximum atomic E-state index is 10.3. The number of hydrogen-bond donors (Lipinski definition) is 1. The predicted octanol–water partition coefficient (Wildman–Crippen LogP) is 1.50. The fourth-order valence-electron chi connectivity index (χ4n) is 0.802. The second kappa shape index (κ2) is 4.01. The molecule has 0 unspecified atom stereocenters. The summed E-state index contributed by atoms with van der Waals surface area (Å²) in [6, 6.07) is 0. The summed E-state index contributed by atoms with van der Waals surface area (Å²) in [6.07, 6.45) is 2.47. The van der Waals surface area contributed by atoms with Gasteiger partial charge in [0.2, 0.25) is 0 Å². The van der Waals surface area contributed by atoms with Crippen LogP contribution in [0.1, 0.15) is 10.7 Å². The average molecular weight is 183 g/mol. The van der Waals surface area contributed by atoms with Crippen LogP contribution in [0.5, 0.6) is 0 Å². The summed E-state index contributed by atoms with van der Waals surface area (Å²) >= 11 is 1.47. The van der Waals surface area contributed by atoms with Crippen molar-refractivity contribution in [3.63, 3.8) is 0 Å². The second-order valence-electron chi connectivity index (χ2n) is 2.30. The van der Waals surface area contributed by atoms with Gasteiger partial charge in [0.05, 0.1) is 17.1 Å². The molecule has 0 saturated carbocycles. The molecule has 0 fully saturated rings. The number of thiazole rings is 1. The summed E-state index contributed by atoms with van der Waals surface area (Å²) in [5, 5.41) is 11.1. The Morgan fingerprint density at radius 1 is 1.83 bits per heavy atom. The Morgan fingerprint density at radius 2 is 2.58 bits per heavy atom. The van der Waals surface area contributed by atoms with E-state index >= 15 is 0 Å². The van der Waals surface area contributed by atoms with Gasteiger partial charge in [-0.25, -0.2) is 4.98 Å². The molecule has 0 aliphatic carbocycles. The van der Waals surface area contributed by atoms with E-state index in [1.165, 1.54) is 11.3 Å². The number of hydrogen-bond acceptors (Lipinski definition) is 3. The lowest BCUT2D eigenvalue weighted by atomic mass is 10.3. The third-order valence-corrected chi connectivity index (χ3v) is 2.17. The Morgan fingerprint density at radius 3 is 3.17 bits per heavy atom. The van der Waals surface area contributed by atoms with Gasteiger partial charge in [-0.1, -0.05) is 6.08 Å². The van der Waals surface area contributed by atoms with Crippen molar-refractivity contribution in [1.82, 2.24) is 4.98 Å². The number of aliphatic carboxylic acids is 1. The van der Waals surface area contributed by atoms with Crippen molar-refractivity contribution in [2.75, 3.05) is 0 Å². The van der Waals surface area contributed by atoms with Gasteiger partial charge in [0.1, 0.15) is 0 Å². The molecule has 0 atom stereocenters. The van der Waals surface area contributed by atoms with Crippen LogP contribution in [-0.2, 0) is 17.6 Å². The first-order valence-electron chi connectivity index (χ1n) is 3.48. The van der Waals surface area contributed by atoms with Gasteiger partial charge < -0.3 is 5.11 Å². The summed E-state index contributed by atoms with van der Waals surface area (Å²) < 4.78 is 0. The van der Waals surface area contributed by atoms with E-state index in [9.17, 15) is 4.79 Å². The van der Waals surface area contributed by atoms with Crippen LogP contribution in [0.25, 0.3) is 0 Å². The van der Waals surface area contributed by atoms with E-state index < -0.39 is 5.97 Å². The number of aromatic nitrogens is 1. The topological polar surface area (TPSA) is 50.2 Å². The number of carboxylic acid groups (broad SMARTS) is 1. The molecule has 1 rings (SSSR count). The first-order valence-corrected chi connectivity index (χ1v) is 4.36. The lowest BCUT2D eigenvalue weighted by molar-refractivity contribution is -0.136. The van der Waals surface area contributed by atoms with Crippen LogP contribution in [0, 0.1) is 0 Å². The lowest BCUT2D eigenvalue weighted by Crippen LogP contribution is -2.00. The smallest absolute Gasteiger partial charge is 0.309 e. The van der Waals surface area contributed by atoms with Crippen LogP contribution in [0.2, 0.25) is 0 Å². The van der Waals surface area contributed by atoms with Gasteiger partial charge in [-0.3, -0.25) is 4.79 Å². The first kappa shape index (κ1) is 8.93. The zero-order chi connectivity index (χ0) is 8.97. The monoisotopic (exact) mass is 183 g/mol.